The van der Waals surface area contributed by atoms with Crippen LogP contribution in [-0.2, 0) is 42.7 Å². The number of hydrogen-bond donors (Lipinski definition) is 0. The van der Waals surface area contributed by atoms with Crippen LogP contribution in [0.25, 0.3) is 38.8 Å². The Hall–Kier alpha value is -7.20. The van der Waals surface area contributed by atoms with E-state index in [4.69, 9.17) is 9.72 Å². The molecule has 0 unspecified atom stereocenters. The molecule has 0 atom stereocenters. The van der Waals surface area contributed by atoms with Gasteiger partial charge < -0.3 is 19.1 Å². The second-order valence-corrected chi connectivity index (χ2v) is 22.7. The van der Waals surface area contributed by atoms with Crippen LogP contribution in [-0.4, -0.2) is 9.55 Å². The number of benzene rings is 8. The monoisotopic (exact) mass is 1150 g/mol. The molecule has 0 bridgehead atoms. The van der Waals surface area contributed by atoms with Crippen molar-refractivity contribution < 1.29 is 25.8 Å². The summed E-state index contributed by atoms with van der Waals surface area (Å²) < 4.78 is 9.29. The molecule has 1 aliphatic rings. The van der Waals surface area contributed by atoms with Gasteiger partial charge in [-0.3, -0.25) is 0 Å². The SMILES string of the molecule is CC(C)(C)c1cc(-c2ccccc2)cc(N2[CH-]N(c3[c-]c(Oc4[c-]c5c(cc4)c4ccccc4n5-c4cc(C(C)(C)c5ccccc5)ccn4)cc(C(C)(C)c4ccccc4)c3)c3ccc(C(C)(C)C)cc32)c1.[Pt]. The fraction of sp³-hybridized carbons (Fsp3) is 0.206. The van der Waals surface area contributed by atoms with E-state index in [9.17, 15) is 0 Å². The zero-order chi connectivity index (χ0) is 50.9. The molecule has 11 rings (SSSR count). The molecule has 1 aliphatic heterocycles. The van der Waals surface area contributed by atoms with Crippen molar-refractivity contribution in [2.75, 3.05) is 9.80 Å². The molecule has 0 radical (unpaired) electrons. The minimum Gasteiger partial charge on any atom is -0.509 e. The number of rotatable bonds is 10. The van der Waals surface area contributed by atoms with Gasteiger partial charge in [0.05, 0.1) is 0 Å². The number of aromatic nitrogens is 2. The van der Waals surface area contributed by atoms with Gasteiger partial charge in [-0.05, 0) is 103 Å². The van der Waals surface area contributed by atoms with Crippen LogP contribution >= 0.6 is 0 Å². The summed E-state index contributed by atoms with van der Waals surface area (Å²) in [6.45, 7) is 25.1. The Bertz CT molecular complexity index is 3660. The fourth-order valence-electron chi connectivity index (χ4n) is 10.3. The standard InChI is InChI=1S/C68H63N4O.Pt/c1-65(2,3)50-30-33-61-63(41-50)71(54-37-47(46-22-14-11-15-23-46)36-52(38-54)66(4,5)6)45-70(61)55-39-53(68(9,10)49-26-18-13-19-27-49)40-57(43-55)73-56-31-32-59-58-28-20-21-29-60(58)72(62(59)44-56)64-42-51(34-35-69-64)67(7,8)48-24-16-12-17-25-48;/h11-42,45H,1-10H3;/q-3;. The molecule has 2 aromatic heterocycles. The molecule has 5 nitrogen and oxygen atoms in total. The number of nitrogens with zero attached hydrogens (tertiary/aromatic N) is 4. The van der Waals surface area contributed by atoms with E-state index in [1.165, 1.54) is 38.9 Å². The van der Waals surface area contributed by atoms with E-state index in [-0.39, 0.29) is 37.3 Å². The van der Waals surface area contributed by atoms with Crippen LogP contribution in [0.15, 0.2) is 194 Å². The largest absolute Gasteiger partial charge is 0.509 e. The number of pyridine rings is 1. The van der Waals surface area contributed by atoms with Gasteiger partial charge in [0.25, 0.3) is 0 Å². The summed E-state index contributed by atoms with van der Waals surface area (Å²) in [7, 11) is 0. The summed E-state index contributed by atoms with van der Waals surface area (Å²) in [5.74, 6) is 2.01. The predicted molar refractivity (Wildman–Crippen MR) is 304 cm³/mol. The first-order valence-corrected chi connectivity index (χ1v) is 25.5. The van der Waals surface area contributed by atoms with E-state index in [0.29, 0.717) is 11.5 Å². The summed E-state index contributed by atoms with van der Waals surface area (Å²) in [5.41, 5.74) is 14.9. The van der Waals surface area contributed by atoms with Crippen molar-refractivity contribution in [3.63, 3.8) is 0 Å². The first-order valence-electron chi connectivity index (χ1n) is 25.5. The van der Waals surface area contributed by atoms with E-state index in [1.807, 2.05) is 12.3 Å². The van der Waals surface area contributed by atoms with Crippen molar-refractivity contribution in [3.05, 3.63) is 246 Å². The maximum absolute atomic E-state index is 7.06. The van der Waals surface area contributed by atoms with Crippen LogP contribution < -0.4 is 14.5 Å². The Morgan fingerprint density at radius 3 is 1.76 bits per heavy atom. The summed E-state index contributed by atoms with van der Waals surface area (Å²) >= 11 is 0. The number of fused-ring (bicyclic) bond motifs is 4. The molecular formula is C68H63N4OPt-3. The Balaban J connectivity index is 0.00000626. The summed E-state index contributed by atoms with van der Waals surface area (Å²) in [6, 6.07) is 75.1. The quantitative estimate of drug-likeness (QED) is 0.128. The molecule has 0 aliphatic carbocycles. The Kier molecular flexibility index (Phi) is 13.1. The van der Waals surface area contributed by atoms with Crippen molar-refractivity contribution >= 4 is 44.6 Å². The normalized spacial score (nSPS) is 13.1. The Morgan fingerprint density at radius 1 is 0.446 bits per heavy atom. The number of anilines is 4. The molecule has 3 heterocycles. The van der Waals surface area contributed by atoms with Crippen molar-refractivity contribution in [1.82, 2.24) is 9.55 Å². The molecule has 0 N–H and O–H groups in total. The summed E-state index contributed by atoms with van der Waals surface area (Å²) in [6.07, 6.45) is 1.93. The van der Waals surface area contributed by atoms with E-state index >= 15 is 0 Å². The van der Waals surface area contributed by atoms with E-state index < -0.39 is 5.41 Å². The Labute approximate surface area is 452 Å². The third kappa shape index (κ3) is 9.37. The van der Waals surface area contributed by atoms with Crippen LogP contribution in [0.5, 0.6) is 11.5 Å². The molecule has 74 heavy (non-hydrogen) atoms. The molecule has 10 aromatic rings. The predicted octanol–water partition coefficient (Wildman–Crippen LogP) is 17.9. The molecule has 0 saturated carbocycles. The van der Waals surface area contributed by atoms with Gasteiger partial charge in [0.15, 0.2) is 0 Å². The number of ether oxygens (including phenoxy) is 1. The average molecular weight is 1150 g/mol. The maximum Gasteiger partial charge on any atom is 0.135 e. The number of para-hydroxylation sites is 1. The summed E-state index contributed by atoms with van der Waals surface area (Å²) in [4.78, 5) is 9.66. The van der Waals surface area contributed by atoms with Gasteiger partial charge >= 0.3 is 0 Å². The van der Waals surface area contributed by atoms with E-state index in [0.717, 1.165) is 55.9 Å². The molecule has 0 amide bonds. The second kappa shape index (κ2) is 19.3. The smallest absolute Gasteiger partial charge is 0.135 e. The van der Waals surface area contributed by atoms with Gasteiger partial charge in [0.2, 0.25) is 0 Å². The molecule has 6 heteroatoms. The Morgan fingerprint density at radius 2 is 1.08 bits per heavy atom. The van der Waals surface area contributed by atoms with Crippen LogP contribution in [0, 0.1) is 18.8 Å². The third-order valence-corrected chi connectivity index (χ3v) is 15.0. The topological polar surface area (TPSA) is 33.5 Å². The van der Waals surface area contributed by atoms with Crippen molar-refractivity contribution in [1.29, 1.82) is 0 Å². The first-order chi connectivity index (χ1) is 34.9. The second-order valence-electron chi connectivity index (χ2n) is 22.7. The molecule has 0 spiro atoms. The number of hydrogen-bond acceptors (Lipinski definition) is 4. The van der Waals surface area contributed by atoms with Crippen LogP contribution in [0.3, 0.4) is 0 Å². The molecule has 374 valence electrons. The zero-order valence-corrected chi connectivity index (χ0v) is 46.3. The van der Waals surface area contributed by atoms with Gasteiger partial charge in [-0.15, -0.1) is 53.6 Å². The third-order valence-electron chi connectivity index (χ3n) is 15.0. The van der Waals surface area contributed by atoms with Gasteiger partial charge in [0, 0.05) is 66.8 Å². The van der Waals surface area contributed by atoms with Gasteiger partial charge in [0.1, 0.15) is 5.82 Å². The van der Waals surface area contributed by atoms with Gasteiger partial charge in [-0.1, -0.05) is 196 Å². The molecular weight excluding hydrogens is 1080 g/mol. The van der Waals surface area contributed by atoms with Crippen molar-refractivity contribution in [3.8, 4) is 28.4 Å². The molecule has 8 aromatic carbocycles. The van der Waals surface area contributed by atoms with Gasteiger partial charge in [-0.25, -0.2) is 4.98 Å². The fourth-order valence-corrected chi connectivity index (χ4v) is 10.3. The van der Waals surface area contributed by atoms with Gasteiger partial charge in [-0.2, -0.15) is 6.07 Å². The van der Waals surface area contributed by atoms with E-state index in [1.54, 1.807) is 0 Å². The first kappa shape index (κ1) is 50.3. The van der Waals surface area contributed by atoms with Crippen LogP contribution in [0.2, 0.25) is 0 Å². The minimum absolute atomic E-state index is 0. The minimum atomic E-state index is -0.391. The van der Waals surface area contributed by atoms with E-state index in [2.05, 4.69) is 284 Å². The zero-order valence-electron chi connectivity index (χ0n) is 44.1. The summed E-state index contributed by atoms with van der Waals surface area (Å²) in [5, 5.41) is 2.20. The average Bonchev–Trinajstić information content (AvgIpc) is 3.94. The van der Waals surface area contributed by atoms with Crippen LogP contribution in [0.4, 0.5) is 22.7 Å². The van der Waals surface area contributed by atoms with Crippen LogP contribution in [0.1, 0.15) is 103 Å². The molecule has 0 saturated heterocycles. The van der Waals surface area contributed by atoms with Crippen molar-refractivity contribution in [2.45, 2.75) is 90.9 Å². The van der Waals surface area contributed by atoms with Crippen molar-refractivity contribution in [2.24, 2.45) is 0 Å². The molecule has 0 fully saturated rings. The maximum atomic E-state index is 7.06.